The Morgan fingerprint density at radius 1 is 1.44 bits per heavy atom. The monoisotopic (exact) mass is 276 g/mol. The van der Waals surface area contributed by atoms with Crippen LogP contribution in [0, 0.1) is 11.3 Å². The maximum atomic E-state index is 11.9. The summed E-state index contributed by atoms with van der Waals surface area (Å²) in [6, 6.07) is 0. The van der Waals surface area contributed by atoms with Gasteiger partial charge in [-0.1, -0.05) is 13.3 Å². The van der Waals surface area contributed by atoms with E-state index in [1.54, 1.807) is 0 Å². The average Bonchev–Trinajstić information content (AvgIpc) is 2.29. The minimum absolute atomic E-state index is 0.0810. The molecule has 106 valence electrons. The Morgan fingerprint density at radius 2 is 1.94 bits per heavy atom. The maximum Gasteiger partial charge on any atom is 0.279 e. The van der Waals surface area contributed by atoms with E-state index in [-0.39, 0.29) is 5.84 Å². The standard InChI is InChI=1S/C11H24N4O2S/c1-4-9-5-7-11(8-6-9,10(12)13)14-18(16,17)15(2)3/h9,14H,4-8H2,1-3H3,(H3,12,13). The highest BCUT2D eigenvalue weighted by molar-refractivity contribution is 7.87. The van der Waals surface area contributed by atoms with Crippen LogP contribution in [0.1, 0.15) is 39.0 Å². The number of amidine groups is 1. The normalized spacial score (nSPS) is 29.4. The van der Waals surface area contributed by atoms with Crippen molar-refractivity contribution in [3.63, 3.8) is 0 Å². The molecule has 0 aromatic heterocycles. The van der Waals surface area contributed by atoms with E-state index in [9.17, 15) is 8.42 Å². The van der Waals surface area contributed by atoms with E-state index in [1.807, 2.05) is 0 Å². The summed E-state index contributed by atoms with van der Waals surface area (Å²) in [5.41, 5.74) is 4.74. The molecule has 6 nitrogen and oxygen atoms in total. The lowest BCUT2D eigenvalue weighted by atomic mass is 9.75. The van der Waals surface area contributed by atoms with Gasteiger partial charge in [-0.25, -0.2) is 0 Å². The van der Waals surface area contributed by atoms with Crippen molar-refractivity contribution < 1.29 is 8.42 Å². The van der Waals surface area contributed by atoms with Gasteiger partial charge in [-0.15, -0.1) is 0 Å². The molecule has 0 aromatic rings. The maximum absolute atomic E-state index is 11.9. The quantitative estimate of drug-likeness (QED) is 0.508. The van der Waals surface area contributed by atoms with Crippen molar-refractivity contribution in [2.75, 3.05) is 14.1 Å². The second-order valence-corrected chi connectivity index (χ2v) is 7.12. The van der Waals surface area contributed by atoms with Gasteiger partial charge in [0.05, 0.1) is 5.54 Å². The smallest absolute Gasteiger partial charge is 0.279 e. The first-order chi connectivity index (χ1) is 8.23. The largest absolute Gasteiger partial charge is 0.386 e. The summed E-state index contributed by atoms with van der Waals surface area (Å²) in [6.07, 6.45) is 4.12. The fraction of sp³-hybridized carbons (Fsp3) is 0.909. The number of nitrogens with zero attached hydrogens (tertiary/aromatic N) is 1. The predicted molar refractivity (Wildman–Crippen MR) is 72.6 cm³/mol. The van der Waals surface area contributed by atoms with Gasteiger partial charge < -0.3 is 5.73 Å². The van der Waals surface area contributed by atoms with Crippen molar-refractivity contribution in [3.8, 4) is 0 Å². The molecule has 1 aliphatic rings. The molecule has 0 unspecified atom stereocenters. The van der Waals surface area contributed by atoms with Crippen molar-refractivity contribution in [1.29, 1.82) is 5.41 Å². The molecule has 7 heteroatoms. The van der Waals surface area contributed by atoms with E-state index in [0.717, 1.165) is 23.6 Å². The van der Waals surface area contributed by atoms with Crippen LogP contribution in [0.2, 0.25) is 0 Å². The first-order valence-corrected chi connectivity index (χ1v) is 7.73. The molecule has 0 atom stereocenters. The molecule has 1 saturated carbocycles. The highest BCUT2D eigenvalue weighted by Gasteiger charge is 2.41. The minimum Gasteiger partial charge on any atom is -0.386 e. The van der Waals surface area contributed by atoms with Gasteiger partial charge in [0.15, 0.2) is 0 Å². The van der Waals surface area contributed by atoms with E-state index in [2.05, 4.69) is 11.6 Å². The lowest BCUT2D eigenvalue weighted by Gasteiger charge is -2.39. The molecule has 0 amide bonds. The van der Waals surface area contributed by atoms with Crippen LogP contribution in [0.5, 0.6) is 0 Å². The number of rotatable bonds is 5. The number of hydrogen-bond acceptors (Lipinski definition) is 3. The van der Waals surface area contributed by atoms with Crippen LogP contribution in [0.3, 0.4) is 0 Å². The van der Waals surface area contributed by atoms with Crippen LogP contribution in [-0.2, 0) is 10.2 Å². The summed E-state index contributed by atoms with van der Waals surface area (Å²) in [5, 5.41) is 7.71. The highest BCUT2D eigenvalue weighted by Crippen LogP contribution is 2.34. The minimum atomic E-state index is -3.56. The third-order valence-corrected chi connectivity index (χ3v) is 5.47. The van der Waals surface area contributed by atoms with Crippen LogP contribution >= 0.6 is 0 Å². The van der Waals surface area contributed by atoms with Crippen molar-refractivity contribution in [3.05, 3.63) is 0 Å². The Kier molecular flexibility index (Phi) is 4.74. The number of nitrogens with one attached hydrogen (secondary N) is 2. The van der Waals surface area contributed by atoms with Gasteiger partial charge >= 0.3 is 0 Å². The molecule has 1 fully saturated rings. The third kappa shape index (κ3) is 3.21. The molecule has 0 spiro atoms. The molecule has 1 rings (SSSR count). The van der Waals surface area contributed by atoms with Crippen molar-refractivity contribution >= 4 is 16.0 Å². The summed E-state index contributed by atoms with van der Waals surface area (Å²) in [7, 11) is -0.631. The van der Waals surface area contributed by atoms with Gasteiger partial charge in [0.2, 0.25) is 0 Å². The molecule has 1 aliphatic carbocycles. The molecular weight excluding hydrogens is 252 g/mol. The molecule has 18 heavy (non-hydrogen) atoms. The van der Waals surface area contributed by atoms with E-state index in [0.29, 0.717) is 18.8 Å². The topological polar surface area (TPSA) is 99.3 Å². The predicted octanol–water partition coefficient (Wildman–Crippen LogP) is 0.657. The second-order valence-electron chi connectivity index (χ2n) is 5.24. The summed E-state index contributed by atoms with van der Waals surface area (Å²) in [6.45, 7) is 2.13. The van der Waals surface area contributed by atoms with E-state index in [4.69, 9.17) is 11.1 Å². The zero-order chi connectivity index (χ0) is 14.0. The Morgan fingerprint density at radius 3 is 2.28 bits per heavy atom. The molecule has 0 saturated heterocycles. The van der Waals surface area contributed by atoms with Crippen LogP contribution in [0.4, 0.5) is 0 Å². The van der Waals surface area contributed by atoms with Crippen LogP contribution in [0.25, 0.3) is 0 Å². The van der Waals surface area contributed by atoms with Gasteiger partial charge in [-0.05, 0) is 31.6 Å². The fourth-order valence-electron chi connectivity index (χ4n) is 2.34. The van der Waals surface area contributed by atoms with Gasteiger partial charge in [0.25, 0.3) is 10.2 Å². The van der Waals surface area contributed by atoms with Gasteiger partial charge in [-0.2, -0.15) is 17.4 Å². The lowest BCUT2D eigenvalue weighted by Crippen LogP contribution is -2.60. The molecule has 0 aliphatic heterocycles. The van der Waals surface area contributed by atoms with Crippen LogP contribution < -0.4 is 10.5 Å². The number of nitrogens with two attached hydrogens (primary N) is 1. The molecule has 0 radical (unpaired) electrons. The van der Waals surface area contributed by atoms with E-state index >= 15 is 0 Å². The Bertz CT molecular complexity index is 397. The Hall–Kier alpha value is -0.660. The van der Waals surface area contributed by atoms with Gasteiger partial charge in [0, 0.05) is 14.1 Å². The van der Waals surface area contributed by atoms with Gasteiger partial charge in [0.1, 0.15) is 5.84 Å². The SMILES string of the molecule is CCC1CCC(NS(=O)(=O)N(C)C)(C(=N)N)CC1. The summed E-state index contributed by atoms with van der Waals surface area (Å²) in [4.78, 5) is 0. The third-order valence-electron chi connectivity index (χ3n) is 3.86. The van der Waals surface area contributed by atoms with Crippen LogP contribution in [0.15, 0.2) is 0 Å². The fourth-order valence-corrected chi connectivity index (χ4v) is 3.33. The zero-order valence-corrected chi connectivity index (χ0v) is 12.2. The molecular formula is C11H24N4O2S. The summed E-state index contributed by atoms with van der Waals surface area (Å²) >= 11 is 0. The van der Waals surface area contributed by atoms with Crippen molar-refractivity contribution in [2.24, 2.45) is 11.7 Å². The van der Waals surface area contributed by atoms with Crippen molar-refractivity contribution in [1.82, 2.24) is 9.03 Å². The first-order valence-electron chi connectivity index (χ1n) is 6.29. The number of hydrogen-bond donors (Lipinski definition) is 3. The van der Waals surface area contributed by atoms with Crippen LogP contribution in [-0.4, -0.2) is 38.2 Å². The summed E-state index contributed by atoms with van der Waals surface area (Å²) < 4.78 is 27.6. The molecule has 4 N–H and O–H groups in total. The Labute approximate surface area is 110 Å². The van der Waals surface area contributed by atoms with Crippen molar-refractivity contribution in [2.45, 2.75) is 44.6 Å². The lowest BCUT2D eigenvalue weighted by molar-refractivity contribution is 0.263. The summed E-state index contributed by atoms with van der Waals surface area (Å²) in [5.74, 6) is 0.531. The molecule has 0 bridgehead atoms. The highest BCUT2D eigenvalue weighted by atomic mass is 32.2. The van der Waals surface area contributed by atoms with E-state index < -0.39 is 15.7 Å². The zero-order valence-electron chi connectivity index (χ0n) is 11.4. The average molecular weight is 276 g/mol. The molecule has 0 heterocycles. The molecule has 0 aromatic carbocycles. The van der Waals surface area contributed by atoms with Gasteiger partial charge in [-0.3, -0.25) is 5.41 Å². The first kappa shape index (κ1) is 15.4. The van der Waals surface area contributed by atoms with E-state index in [1.165, 1.54) is 14.1 Å². The Balaban J connectivity index is 2.88. The second kappa shape index (κ2) is 5.54.